The summed E-state index contributed by atoms with van der Waals surface area (Å²) >= 11 is 0. The van der Waals surface area contributed by atoms with E-state index in [0.29, 0.717) is 0 Å². The molecule has 0 aromatic heterocycles. The van der Waals surface area contributed by atoms with Crippen LogP contribution in [-0.2, 0) is 6.42 Å². The van der Waals surface area contributed by atoms with E-state index in [1.54, 1.807) is 6.07 Å². The number of hydrogen-bond donors (Lipinski definition) is 1. The third-order valence-corrected chi connectivity index (χ3v) is 3.98. The Kier molecular flexibility index (Phi) is 5.20. The van der Waals surface area contributed by atoms with Gasteiger partial charge in [-0.25, -0.2) is 4.39 Å². The molecule has 0 spiro atoms. The van der Waals surface area contributed by atoms with Crippen LogP contribution in [0.1, 0.15) is 44.6 Å². The predicted octanol–water partition coefficient (Wildman–Crippen LogP) is 3.49. The summed E-state index contributed by atoms with van der Waals surface area (Å²) in [5.74, 6) is -0.0947. The molecule has 2 N–H and O–H groups in total. The van der Waals surface area contributed by atoms with Crippen LogP contribution in [0.15, 0.2) is 18.2 Å². The Morgan fingerprint density at radius 1 is 1.21 bits per heavy atom. The smallest absolute Gasteiger partial charge is 0.146 e. The van der Waals surface area contributed by atoms with Crippen LogP contribution in [0.2, 0.25) is 0 Å². The normalized spacial score (nSPS) is 18.2. The molecule has 1 atom stereocenters. The first-order valence-electron chi connectivity index (χ1n) is 7.49. The third-order valence-electron chi connectivity index (χ3n) is 3.98. The molecule has 0 radical (unpaired) electrons. The molecule has 1 saturated heterocycles. The van der Waals surface area contributed by atoms with E-state index in [2.05, 4.69) is 11.8 Å². The van der Waals surface area contributed by atoms with E-state index < -0.39 is 0 Å². The monoisotopic (exact) mass is 264 g/mol. The Labute approximate surface area is 115 Å². The zero-order chi connectivity index (χ0) is 13.7. The quantitative estimate of drug-likeness (QED) is 0.902. The molecule has 3 heteroatoms. The molecule has 1 aliphatic rings. The SMILES string of the molecule is CCC(N)Cc1ccc(N2CCCCCC2)c(F)c1. The second-order valence-electron chi connectivity index (χ2n) is 5.56. The molecule has 2 rings (SSSR count). The Balaban J connectivity index is 2.09. The fourth-order valence-electron chi connectivity index (χ4n) is 2.69. The van der Waals surface area contributed by atoms with Gasteiger partial charge in [0.1, 0.15) is 5.82 Å². The zero-order valence-electron chi connectivity index (χ0n) is 11.9. The second-order valence-corrected chi connectivity index (χ2v) is 5.56. The summed E-state index contributed by atoms with van der Waals surface area (Å²) < 4.78 is 14.2. The second kappa shape index (κ2) is 6.90. The van der Waals surface area contributed by atoms with Gasteiger partial charge >= 0.3 is 0 Å². The van der Waals surface area contributed by atoms with Crippen LogP contribution in [0.5, 0.6) is 0 Å². The van der Waals surface area contributed by atoms with Crippen LogP contribution in [-0.4, -0.2) is 19.1 Å². The number of rotatable bonds is 4. The molecule has 19 heavy (non-hydrogen) atoms. The first-order valence-corrected chi connectivity index (χ1v) is 7.49. The average molecular weight is 264 g/mol. The van der Waals surface area contributed by atoms with Crippen LogP contribution >= 0.6 is 0 Å². The lowest BCUT2D eigenvalue weighted by atomic mass is 10.0. The number of hydrogen-bond acceptors (Lipinski definition) is 2. The van der Waals surface area contributed by atoms with Gasteiger partial charge in [-0.3, -0.25) is 0 Å². The zero-order valence-corrected chi connectivity index (χ0v) is 11.9. The van der Waals surface area contributed by atoms with E-state index in [1.807, 2.05) is 12.1 Å². The van der Waals surface area contributed by atoms with Gasteiger partial charge in [0.15, 0.2) is 0 Å². The Morgan fingerprint density at radius 2 is 1.89 bits per heavy atom. The molecule has 0 aliphatic carbocycles. The number of halogens is 1. The topological polar surface area (TPSA) is 29.3 Å². The van der Waals surface area contributed by atoms with Gasteiger partial charge in [-0.1, -0.05) is 25.8 Å². The Morgan fingerprint density at radius 3 is 2.47 bits per heavy atom. The molecule has 1 unspecified atom stereocenters. The van der Waals surface area contributed by atoms with Gasteiger partial charge in [0, 0.05) is 19.1 Å². The van der Waals surface area contributed by atoms with Crippen molar-refractivity contribution in [3.05, 3.63) is 29.6 Å². The average Bonchev–Trinajstić information content (AvgIpc) is 2.67. The first kappa shape index (κ1) is 14.3. The molecule has 1 heterocycles. The molecule has 1 aromatic carbocycles. The van der Waals surface area contributed by atoms with Gasteiger partial charge in [0.2, 0.25) is 0 Å². The van der Waals surface area contributed by atoms with E-state index in [0.717, 1.165) is 37.2 Å². The van der Waals surface area contributed by atoms with Crippen molar-refractivity contribution in [3.63, 3.8) is 0 Å². The van der Waals surface area contributed by atoms with Crippen molar-refractivity contribution in [3.8, 4) is 0 Å². The summed E-state index contributed by atoms with van der Waals surface area (Å²) in [6.07, 6.45) is 6.55. The Bertz CT molecular complexity index is 398. The van der Waals surface area contributed by atoms with Gasteiger partial charge < -0.3 is 10.6 Å². The van der Waals surface area contributed by atoms with E-state index >= 15 is 0 Å². The van der Waals surface area contributed by atoms with Gasteiger partial charge in [0.05, 0.1) is 5.69 Å². The highest BCUT2D eigenvalue weighted by Crippen LogP contribution is 2.24. The van der Waals surface area contributed by atoms with Gasteiger partial charge in [-0.05, 0) is 43.4 Å². The largest absolute Gasteiger partial charge is 0.369 e. The van der Waals surface area contributed by atoms with Crippen molar-refractivity contribution in [2.24, 2.45) is 5.73 Å². The predicted molar refractivity (Wildman–Crippen MR) is 79.1 cm³/mol. The van der Waals surface area contributed by atoms with Crippen molar-refractivity contribution in [2.75, 3.05) is 18.0 Å². The minimum Gasteiger partial charge on any atom is -0.369 e. The lowest BCUT2D eigenvalue weighted by Crippen LogP contribution is -2.25. The molecule has 1 fully saturated rings. The fraction of sp³-hybridized carbons (Fsp3) is 0.625. The molecule has 106 valence electrons. The maximum absolute atomic E-state index is 14.2. The van der Waals surface area contributed by atoms with Crippen LogP contribution < -0.4 is 10.6 Å². The lowest BCUT2D eigenvalue weighted by molar-refractivity contribution is 0.606. The maximum atomic E-state index is 14.2. The maximum Gasteiger partial charge on any atom is 0.146 e. The lowest BCUT2D eigenvalue weighted by Gasteiger charge is -2.23. The standard InChI is InChI=1S/C16H25FN2/c1-2-14(18)11-13-7-8-16(15(17)12-13)19-9-5-3-4-6-10-19/h7-8,12,14H,2-6,9-11,18H2,1H3. The summed E-state index contributed by atoms with van der Waals surface area (Å²) in [6, 6.07) is 5.75. The van der Waals surface area contributed by atoms with E-state index in [-0.39, 0.29) is 11.9 Å². The number of nitrogens with two attached hydrogens (primary N) is 1. The summed E-state index contributed by atoms with van der Waals surface area (Å²) in [5.41, 5.74) is 7.69. The van der Waals surface area contributed by atoms with Gasteiger partial charge in [-0.2, -0.15) is 0 Å². The van der Waals surface area contributed by atoms with Crippen molar-refractivity contribution < 1.29 is 4.39 Å². The molecule has 0 bridgehead atoms. The van der Waals surface area contributed by atoms with Crippen molar-refractivity contribution in [2.45, 2.75) is 51.5 Å². The minimum atomic E-state index is -0.0947. The van der Waals surface area contributed by atoms with Crippen LogP contribution in [0.25, 0.3) is 0 Å². The van der Waals surface area contributed by atoms with Crippen LogP contribution in [0, 0.1) is 5.82 Å². The van der Waals surface area contributed by atoms with E-state index in [1.165, 1.54) is 25.7 Å². The van der Waals surface area contributed by atoms with E-state index in [9.17, 15) is 4.39 Å². The molecule has 1 aromatic rings. The molecule has 0 amide bonds. The van der Waals surface area contributed by atoms with Gasteiger partial charge in [0.25, 0.3) is 0 Å². The van der Waals surface area contributed by atoms with E-state index in [4.69, 9.17) is 5.73 Å². The number of benzene rings is 1. The molecule has 2 nitrogen and oxygen atoms in total. The van der Waals surface area contributed by atoms with Crippen molar-refractivity contribution in [1.29, 1.82) is 0 Å². The minimum absolute atomic E-state index is 0.0947. The molecular formula is C16H25FN2. The highest BCUT2D eigenvalue weighted by atomic mass is 19.1. The number of anilines is 1. The van der Waals surface area contributed by atoms with Gasteiger partial charge in [-0.15, -0.1) is 0 Å². The van der Waals surface area contributed by atoms with Crippen LogP contribution in [0.4, 0.5) is 10.1 Å². The summed E-state index contributed by atoms with van der Waals surface area (Å²) in [4.78, 5) is 2.19. The van der Waals surface area contributed by atoms with Crippen molar-refractivity contribution >= 4 is 5.69 Å². The third kappa shape index (κ3) is 3.93. The highest BCUT2D eigenvalue weighted by molar-refractivity contribution is 5.49. The fourth-order valence-corrected chi connectivity index (χ4v) is 2.69. The van der Waals surface area contributed by atoms with Crippen molar-refractivity contribution in [1.82, 2.24) is 0 Å². The molecular weight excluding hydrogens is 239 g/mol. The van der Waals surface area contributed by atoms with Crippen LogP contribution in [0.3, 0.4) is 0 Å². The first-order chi connectivity index (χ1) is 9.20. The number of nitrogens with zero attached hydrogens (tertiary/aromatic N) is 1. The Hall–Kier alpha value is -1.09. The summed E-state index contributed by atoms with van der Waals surface area (Å²) in [5, 5.41) is 0. The highest BCUT2D eigenvalue weighted by Gasteiger charge is 2.14. The summed E-state index contributed by atoms with van der Waals surface area (Å²) in [7, 11) is 0. The summed E-state index contributed by atoms with van der Waals surface area (Å²) in [6.45, 7) is 4.02. The molecule has 1 aliphatic heterocycles. The molecule has 0 saturated carbocycles.